The quantitative estimate of drug-likeness (QED) is 0.842. The van der Waals surface area contributed by atoms with Gasteiger partial charge in [0.25, 0.3) is 5.12 Å². The molecular formula is C14H24F2O4S. The Morgan fingerprint density at radius 2 is 1.90 bits per heavy atom. The van der Waals surface area contributed by atoms with Crippen LogP contribution in [0.1, 0.15) is 47.5 Å². The molecule has 1 aliphatic rings. The second-order valence-electron chi connectivity index (χ2n) is 6.15. The molecule has 2 atom stereocenters. The average molecular weight is 326 g/mol. The Morgan fingerprint density at radius 3 is 2.29 bits per heavy atom. The van der Waals surface area contributed by atoms with Crippen LogP contribution in [0.4, 0.5) is 8.78 Å². The third-order valence-electron chi connectivity index (χ3n) is 3.35. The summed E-state index contributed by atoms with van der Waals surface area (Å²) in [5.41, 5.74) is 0. The molecule has 1 saturated heterocycles. The predicted molar refractivity (Wildman–Crippen MR) is 77.4 cm³/mol. The van der Waals surface area contributed by atoms with Crippen LogP contribution < -0.4 is 0 Å². The lowest BCUT2D eigenvalue weighted by Gasteiger charge is -2.29. The summed E-state index contributed by atoms with van der Waals surface area (Å²) >= 11 is 0.517. The highest BCUT2D eigenvalue weighted by molar-refractivity contribution is 8.14. The van der Waals surface area contributed by atoms with Gasteiger partial charge in [-0.3, -0.25) is 4.79 Å². The molecule has 0 amide bonds. The Hall–Kier alpha value is -0.240. The van der Waals surface area contributed by atoms with Crippen LogP contribution in [0, 0.1) is 0 Å². The van der Waals surface area contributed by atoms with E-state index >= 15 is 0 Å². The predicted octanol–water partition coefficient (Wildman–Crippen LogP) is 2.97. The Morgan fingerprint density at radius 1 is 1.38 bits per heavy atom. The number of aliphatic hydroxyl groups excluding tert-OH is 1. The van der Waals surface area contributed by atoms with Gasteiger partial charge in [-0.15, -0.1) is 0 Å². The molecule has 1 N–H and O–H groups in total. The standard InChI is InChI=1S/C14H24F2O4S/c1-6-13(7-2)19-8-9(20-13)10(17)14(15,16)11(18)21-12(3,4)5/h9-10,17H,6-8H2,1-5H3/t9-,10+/m1/s1. The van der Waals surface area contributed by atoms with Crippen molar-refractivity contribution < 1.29 is 28.2 Å². The first kappa shape index (κ1) is 18.8. The minimum atomic E-state index is -3.87. The van der Waals surface area contributed by atoms with E-state index in [1.165, 1.54) is 0 Å². The van der Waals surface area contributed by atoms with Crippen LogP contribution in [0.25, 0.3) is 0 Å². The van der Waals surface area contributed by atoms with Crippen LogP contribution >= 0.6 is 11.8 Å². The Bertz CT molecular complexity index is 378. The summed E-state index contributed by atoms with van der Waals surface area (Å²) in [4.78, 5) is 11.7. The van der Waals surface area contributed by atoms with Crippen LogP contribution in [0.3, 0.4) is 0 Å². The van der Waals surface area contributed by atoms with Crippen molar-refractivity contribution in [1.82, 2.24) is 0 Å². The molecule has 7 heteroatoms. The summed E-state index contributed by atoms with van der Waals surface area (Å²) < 4.78 is 38.4. The molecule has 0 aliphatic carbocycles. The lowest BCUT2D eigenvalue weighted by Crippen LogP contribution is -2.49. The van der Waals surface area contributed by atoms with Gasteiger partial charge in [-0.2, -0.15) is 8.78 Å². The molecule has 1 rings (SSSR count). The molecule has 0 aromatic heterocycles. The molecule has 124 valence electrons. The monoisotopic (exact) mass is 326 g/mol. The fraction of sp³-hybridized carbons (Fsp3) is 0.929. The normalized spacial score (nSPS) is 24.1. The molecule has 0 aromatic rings. The molecule has 0 aromatic carbocycles. The van der Waals surface area contributed by atoms with Gasteiger partial charge >= 0.3 is 5.92 Å². The van der Waals surface area contributed by atoms with Gasteiger partial charge in [-0.05, 0) is 12.8 Å². The van der Waals surface area contributed by atoms with Crippen LogP contribution in [0.2, 0.25) is 0 Å². The zero-order chi connectivity index (χ0) is 16.5. The fourth-order valence-corrected chi connectivity index (χ4v) is 2.87. The van der Waals surface area contributed by atoms with Crippen LogP contribution in [-0.4, -0.2) is 45.5 Å². The molecule has 1 heterocycles. The van der Waals surface area contributed by atoms with Gasteiger partial charge in [0.2, 0.25) is 0 Å². The topological polar surface area (TPSA) is 55.8 Å². The van der Waals surface area contributed by atoms with Gasteiger partial charge in [0.05, 0.1) is 6.61 Å². The van der Waals surface area contributed by atoms with Gasteiger partial charge in [-0.1, -0.05) is 46.4 Å². The van der Waals surface area contributed by atoms with Crippen molar-refractivity contribution in [2.75, 3.05) is 6.61 Å². The van der Waals surface area contributed by atoms with Gasteiger partial charge in [-0.25, -0.2) is 0 Å². The van der Waals surface area contributed by atoms with Crippen molar-refractivity contribution in [3.05, 3.63) is 0 Å². The van der Waals surface area contributed by atoms with E-state index in [1.807, 2.05) is 13.8 Å². The lowest BCUT2D eigenvalue weighted by molar-refractivity contribution is -0.204. The molecule has 4 nitrogen and oxygen atoms in total. The number of aliphatic hydroxyl groups is 1. The molecule has 1 fully saturated rings. The van der Waals surface area contributed by atoms with Crippen molar-refractivity contribution >= 4 is 16.9 Å². The number of thioether (sulfide) groups is 1. The number of halogens is 2. The van der Waals surface area contributed by atoms with Crippen molar-refractivity contribution in [3.63, 3.8) is 0 Å². The maximum absolute atomic E-state index is 14.1. The molecule has 0 radical (unpaired) electrons. The van der Waals surface area contributed by atoms with Crippen LogP contribution in [0.5, 0.6) is 0 Å². The molecular weight excluding hydrogens is 302 g/mol. The summed E-state index contributed by atoms with van der Waals surface area (Å²) in [6.45, 7) is 8.46. The van der Waals surface area contributed by atoms with E-state index in [-0.39, 0.29) is 6.61 Å². The highest BCUT2D eigenvalue weighted by Gasteiger charge is 2.55. The number of ether oxygens (including phenoxy) is 2. The molecule has 1 aliphatic heterocycles. The second kappa shape index (κ2) is 6.48. The van der Waals surface area contributed by atoms with Crippen molar-refractivity contribution in [1.29, 1.82) is 0 Å². The molecule has 0 unspecified atom stereocenters. The molecule has 0 spiro atoms. The van der Waals surface area contributed by atoms with E-state index in [9.17, 15) is 18.7 Å². The van der Waals surface area contributed by atoms with Gasteiger partial charge < -0.3 is 14.6 Å². The van der Waals surface area contributed by atoms with Crippen molar-refractivity contribution in [3.8, 4) is 0 Å². The van der Waals surface area contributed by atoms with Crippen LogP contribution in [0.15, 0.2) is 0 Å². The van der Waals surface area contributed by atoms with Gasteiger partial charge in [0, 0.05) is 4.75 Å². The summed E-state index contributed by atoms with van der Waals surface area (Å²) in [6.07, 6.45) is -2.43. The third-order valence-corrected chi connectivity index (χ3v) is 4.42. The lowest BCUT2D eigenvalue weighted by atomic mass is 10.1. The average Bonchev–Trinajstić information content (AvgIpc) is 2.80. The number of alkyl halides is 2. The van der Waals surface area contributed by atoms with E-state index in [1.54, 1.807) is 20.8 Å². The Balaban J connectivity index is 2.78. The highest BCUT2D eigenvalue weighted by Crippen LogP contribution is 2.38. The maximum Gasteiger partial charge on any atom is 0.343 e. The zero-order valence-electron chi connectivity index (χ0n) is 13.1. The number of rotatable bonds is 5. The first-order valence-electron chi connectivity index (χ1n) is 7.08. The largest absolute Gasteiger partial charge is 0.383 e. The SMILES string of the molecule is CCC1(CC)OC[C@H]([C@H](O)C(F)(F)C(=O)SC(C)(C)C)O1. The Kier molecular flexibility index (Phi) is 5.80. The minimum Gasteiger partial charge on any atom is -0.383 e. The van der Waals surface area contributed by atoms with Crippen LogP contribution in [-0.2, 0) is 14.3 Å². The van der Waals surface area contributed by atoms with Gasteiger partial charge in [0.15, 0.2) is 11.9 Å². The zero-order valence-corrected chi connectivity index (χ0v) is 13.9. The van der Waals surface area contributed by atoms with Crippen molar-refractivity contribution in [2.24, 2.45) is 0 Å². The first-order valence-corrected chi connectivity index (χ1v) is 7.90. The summed E-state index contributed by atoms with van der Waals surface area (Å²) in [6, 6.07) is 0. The van der Waals surface area contributed by atoms with E-state index < -0.39 is 33.8 Å². The second-order valence-corrected chi connectivity index (χ2v) is 7.95. The summed E-state index contributed by atoms with van der Waals surface area (Å²) in [5, 5.41) is 8.53. The molecule has 21 heavy (non-hydrogen) atoms. The summed E-state index contributed by atoms with van der Waals surface area (Å²) in [5.74, 6) is -4.81. The Labute approximate surface area is 128 Å². The minimum absolute atomic E-state index is 0.147. The maximum atomic E-state index is 14.1. The van der Waals surface area contributed by atoms with E-state index in [0.29, 0.717) is 24.6 Å². The van der Waals surface area contributed by atoms with Gasteiger partial charge in [0.1, 0.15) is 6.10 Å². The molecule has 0 bridgehead atoms. The number of carbonyl (C=O) groups is 1. The van der Waals surface area contributed by atoms with E-state index in [0.717, 1.165) is 0 Å². The number of carbonyl (C=O) groups excluding carboxylic acids is 1. The van der Waals surface area contributed by atoms with E-state index in [4.69, 9.17) is 9.47 Å². The number of hydrogen-bond acceptors (Lipinski definition) is 5. The third kappa shape index (κ3) is 4.37. The first-order chi connectivity index (χ1) is 9.47. The number of hydrogen-bond donors (Lipinski definition) is 1. The van der Waals surface area contributed by atoms with Crippen molar-refractivity contribution in [2.45, 2.75) is 76.1 Å². The molecule has 0 saturated carbocycles. The fourth-order valence-electron chi connectivity index (χ4n) is 2.05. The van der Waals surface area contributed by atoms with E-state index in [2.05, 4.69) is 0 Å². The smallest absolute Gasteiger partial charge is 0.343 e. The summed E-state index contributed by atoms with van der Waals surface area (Å²) in [7, 11) is 0. The highest BCUT2D eigenvalue weighted by atomic mass is 32.2.